The summed E-state index contributed by atoms with van der Waals surface area (Å²) in [6.45, 7) is 7.45. The van der Waals surface area contributed by atoms with Crippen molar-refractivity contribution in [3.05, 3.63) is 60.7 Å². The van der Waals surface area contributed by atoms with E-state index in [0.29, 0.717) is 13.0 Å². The van der Waals surface area contributed by atoms with Gasteiger partial charge < -0.3 is 4.74 Å². The van der Waals surface area contributed by atoms with Gasteiger partial charge in [-0.15, -0.1) is 6.58 Å². The van der Waals surface area contributed by atoms with Crippen LogP contribution in [0.4, 0.5) is 0 Å². The molecule has 98 valence electrons. The van der Waals surface area contributed by atoms with Gasteiger partial charge in [-0.05, 0) is 24.5 Å². The van der Waals surface area contributed by atoms with E-state index >= 15 is 0 Å². The normalized spacial score (nSPS) is 9.05. The Balaban J connectivity index is 2.43. The molecule has 0 atom stereocenters. The molecule has 0 radical (unpaired) electrons. The second kappa shape index (κ2) is 8.77. The van der Waals surface area contributed by atoms with E-state index < -0.39 is 0 Å². The van der Waals surface area contributed by atoms with Crippen LogP contribution in [0.1, 0.15) is 24.0 Å². The molecule has 1 aromatic carbocycles. The molecular formula is C17H18O2. The molecule has 1 rings (SSSR count). The number of carbonyl (C=O) groups is 1. The van der Waals surface area contributed by atoms with Crippen molar-refractivity contribution in [2.75, 3.05) is 6.61 Å². The van der Waals surface area contributed by atoms with Gasteiger partial charge >= 0.3 is 5.97 Å². The lowest BCUT2D eigenvalue weighted by molar-refractivity contribution is -0.137. The molecule has 0 aliphatic carbocycles. The van der Waals surface area contributed by atoms with Crippen molar-refractivity contribution in [2.24, 2.45) is 0 Å². The Morgan fingerprint density at radius 3 is 2.84 bits per heavy atom. The van der Waals surface area contributed by atoms with Gasteiger partial charge in [-0.25, -0.2) is 4.79 Å². The van der Waals surface area contributed by atoms with Crippen LogP contribution in [-0.2, 0) is 16.0 Å². The number of hydrogen-bond acceptors (Lipinski definition) is 2. The average Bonchev–Trinajstić information content (AvgIpc) is 2.44. The molecule has 0 amide bonds. The predicted molar refractivity (Wildman–Crippen MR) is 77.6 cm³/mol. The molecule has 19 heavy (non-hydrogen) atoms. The van der Waals surface area contributed by atoms with Crippen molar-refractivity contribution in [1.29, 1.82) is 0 Å². The number of ether oxygens (including phenoxy) is 1. The Labute approximate surface area is 114 Å². The van der Waals surface area contributed by atoms with Crippen LogP contribution >= 0.6 is 0 Å². The van der Waals surface area contributed by atoms with Gasteiger partial charge in [0.1, 0.15) is 0 Å². The maximum atomic E-state index is 10.8. The molecule has 0 unspecified atom stereocenters. The van der Waals surface area contributed by atoms with Gasteiger partial charge in [-0.2, -0.15) is 0 Å². The van der Waals surface area contributed by atoms with Crippen LogP contribution in [0.2, 0.25) is 0 Å². The second-order valence-corrected chi connectivity index (χ2v) is 3.93. The number of benzene rings is 1. The van der Waals surface area contributed by atoms with Crippen LogP contribution in [0.5, 0.6) is 0 Å². The fraction of sp³-hybridized carbons (Fsp3) is 0.235. The summed E-state index contributed by atoms with van der Waals surface area (Å²) in [5, 5.41) is 0. The molecule has 0 aliphatic rings. The summed E-state index contributed by atoms with van der Waals surface area (Å²) in [6, 6.07) is 8.03. The fourth-order valence-electron chi connectivity index (χ4n) is 1.53. The Morgan fingerprint density at radius 2 is 2.11 bits per heavy atom. The summed E-state index contributed by atoms with van der Waals surface area (Å²) < 4.78 is 4.87. The minimum atomic E-state index is -0.385. The first-order chi connectivity index (χ1) is 9.27. The lowest BCUT2D eigenvalue weighted by atomic mass is 10.0. The van der Waals surface area contributed by atoms with Gasteiger partial charge in [0.2, 0.25) is 0 Å². The van der Waals surface area contributed by atoms with E-state index in [-0.39, 0.29) is 5.97 Å². The summed E-state index contributed by atoms with van der Waals surface area (Å²) in [6.07, 6.45) is 5.29. The third kappa shape index (κ3) is 5.74. The lowest BCUT2D eigenvalue weighted by Crippen LogP contribution is -2.01. The van der Waals surface area contributed by atoms with Crippen molar-refractivity contribution < 1.29 is 9.53 Å². The molecule has 2 nitrogen and oxygen atoms in total. The highest BCUT2D eigenvalue weighted by atomic mass is 16.5. The standard InChI is InChI=1S/C17H18O2/c1-3-10-15-12-7-8-13-16(15)11-6-5-9-14-19-17(18)4-2/h3-4,7-8,12-13H,1-2,5,9-10,14H2. The first-order valence-corrected chi connectivity index (χ1v) is 6.24. The van der Waals surface area contributed by atoms with Crippen molar-refractivity contribution in [1.82, 2.24) is 0 Å². The van der Waals surface area contributed by atoms with Crippen LogP contribution in [0.25, 0.3) is 0 Å². The second-order valence-electron chi connectivity index (χ2n) is 3.93. The largest absolute Gasteiger partial charge is 0.463 e. The molecule has 2 heteroatoms. The molecule has 0 N–H and O–H groups in total. The van der Waals surface area contributed by atoms with Crippen LogP contribution in [0.15, 0.2) is 49.6 Å². The van der Waals surface area contributed by atoms with Crippen LogP contribution in [-0.4, -0.2) is 12.6 Å². The summed E-state index contributed by atoms with van der Waals surface area (Å²) >= 11 is 0. The fourth-order valence-corrected chi connectivity index (χ4v) is 1.53. The molecule has 0 aliphatic heterocycles. The van der Waals surface area contributed by atoms with Crippen LogP contribution in [0.3, 0.4) is 0 Å². The molecule has 0 aromatic heterocycles. The van der Waals surface area contributed by atoms with Gasteiger partial charge in [0.25, 0.3) is 0 Å². The van der Waals surface area contributed by atoms with Gasteiger partial charge in [0, 0.05) is 18.1 Å². The van der Waals surface area contributed by atoms with Crippen molar-refractivity contribution in [3.63, 3.8) is 0 Å². The Hall–Kier alpha value is -2.27. The Morgan fingerprint density at radius 1 is 1.32 bits per heavy atom. The van der Waals surface area contributed by atoms with Crippen molar-refractivity contribution >= 4 is 5.97 Å². The predicted octanol–water partition coefficient (Wildman–Crippen LogP) is 3.28. The van der Waals surface area contributed by atoms with Crippen LogP contribution in [0, 0.1) is 11.8 Å². The summed E-state index contributed by atoms with van der Waals surface area (Å²) in [7, 11) is 0. The zero-order chi connectivity index (χ0) is 13.9. The highest BCUT2D eigenvalue weighted by Crippen LogP contribution is 2.08. The van der Waals surface area contributed by atoms with Gasteiger partial charge in [0.05, 0.1) is 6.61 Å². The minimum absolute atomic E-state index is 0.383. The first-order valence-electron chi connectivity index (χ1n) is 6.24. The molecule has 0 fully saturated rings. The van der Waals surface area contributed by atoms with Gasteiger partial charge in [-0.1, -0.05) is 42.7 Å². The van der Waals surface area contributed by atoms with E-state index in [0.717, 1.165) is 24.5 Å². The average molecular weight is 254 g/mol. The number of unbranched alkanes of at least 4 members (excludes halogenated alkanes) is 1. The van der Waals surface area contributed by atoms with Crippen molar-refractivity contribution in [3.8, 4) is 11.8 Å². The Bertz CT molecular complexity index is 503. The van der Waals surface area contributed by atoms with E-state index in [1.807, 2.05) is 24.3 Å². The topological polar surface area (TPSA) is 26.3 Å². The molecule has 1 aromatic rings. The third-order valence-corrected chi connectivity index (χ3v) is 2.46. The van der Waals surface area contributed by atoms with Gasteiger partial charge in [-0.3, -0.25) is 0 Å². The molecule has 0 saturated heterocycles. The smallest absolute Gasteiger partial charge is 0.330 e. The van der Waals surface area contributed by atoms with E-state index in [4.69, 9.17) is 4.74 Å². The molecule has 0 saturated carbocycles. The number of hydrogen-bond donors (Lipinski definition) is 0. The van der Waals surface area contributed by atoms with E-state index in [1.165, 1.54) is 5.56 Å². The maximum absolute atomic E-state index is 10.8. The minimum Gasteiger partial charge on any atom is -0.463 e. The Kier molecular flexibility index (Phi) is 6.82. The molecule has 0 bridgehead atoms. The number of rotatable bonds is 6. The zero-order valence-electron chi connectivity index (χ0n) is 11.0. The quantitative estimate of drug-likeness (QED) is 0.256. The third-order valence-electron chi connectivity index (χ3n) is 2.46. The number of carbonyl (C=O) groups excluding carboxylic acids is 1. The van der Waals surface area contributed by atoms with Gasteiger partial charge in [0.15, 0.2) is 0 Å². The maximum Gasteiger partial charge on any atom is 0.330 e. The number of allylic oxidation sites excluding steroid dienone is 1. The first kappa shape index (κ1) is 14.8. The van der Waals surface area contributed by atoms with Crippen LogP contribution < -0.4 is 0 Å². The van der Waals surface area contributed by atoms with E-state index in [9.17, 15) is 4.79 Å². The SMILES string of the molecule is C=CCc1ccccc1C#CCCCOC(=O)C=C. The number of esters is 1. The highest BCUT2D eigenvalue weighted by molar-refractivity contribution is 5.81. The highest BCUT2D eigenvalue weighted by Gasteiger charge is 1.96. The summed E-state index contributed by atoms with van der Waals surface area (Å²) in [5.74, 6) is 5.85. The summed E-state index contributed by atoms with van der Waals surface area (Å²) in [5.41, 5.74) is 2.22. The van der Waals surface area contributed by atoms with Crippen molar-refractivity contribution in [2.45, 2.75) is 19.3 Å². The van der Waals surface area contributed by atoms with E-state index in [2.05, 4.69) is 31.1 Å². The molecule has 0 heterocycles. The van der Waals surface area contributed by atoms with E-state index in [1.54, 1.807) is 0 Å². The molecule has 0 spiro atoms. The monoisotopic (exact) mass is 254 g/mol. The zero-order valence-corrected chi connectivity index (χ0v) is 11.0. The molecular weight excluding hydrogens is 236 g/mol. The summed E-state index contributed by atoms with van der Waals surface area (Å²) in [4.78, 5) is 10.8. The lowest BCUT2D eigenvalue weighted by Gasteiger charge is -2.00.